The number of hydrogen-bond donors (Lipinski definition) is 1. The summed E-state index contributed by atoms with van der Waals surface area (Å²) in [5.74, 6) is 1.26. The van der Waals surface area contributed by atoms with Crippen molar-refractivity contribution < 1.29 is 14.7 Å². The summed E-state index contributed by atoms with van der Waals surface area (Å²) in [5.41, 5.74) is 0. The van der Waals surface area contributed by atoms with Crippen molar-refractivity contribution in [3.63, 3.8) is 0 Å². The molecule has 5 heteroatoms. The third kappa shape index (κ3) is 3.40. The highest BCUT2D eigenvalue weighted by atomic mass is 32.2. The van der Waals surface area contributed by atoms with Crippen LogP contribution < -0.4 is 0 Å². The zero-order chi connectivity index (χ0) is 13.0. The third-order valence-electron chi connectivity index (χ3n) is 3.98. The predicted molar refractivity (Wildman–Crippen MR) is 71.7 cm³/mol. The Labute approximate surface area is 112 Å². The summed E-state index contributed by atoms with van der Waals surface area (Å²) < 4.78 is 0. The summed E-state index contributed by atoms with van der Waals surface area (Å²) in [4.78, 5) is 24.8. The average Bonchev–Trinajstić information content (AvgIpc) is 2.89. The topological polar surface area (TPSA) is 57.6 Å². The van der Waals surface area contributed by atoms with Crippen molar-refractivity contribution in [2.45, 2.75) is 44.6 Å². The van der Waals surface area contributed by atoms with Crippen molar-refractivity contribution in [2.75, 3.05) is 18.1 Å². The van der Waals surface area contributed by atoms with E-state index in [1.165, 1.54) is 25.7 Å². The first-order chi connectivity index (χ1) is 8.68. The lowest BCUT2D eigenvalue weighted by molar-refractivity contribution is -0.149. The van der Waals surface area contributed by atoms with Gasteiger partial charge in [-0.05, 0) is 12.3 Å². The van der Waals surface area contributed by atoms with Crippen molar-refractivity contribution in [1.82, 2.24) is 4.90 Å². The maximum Gasteiger partial charge on any atom is 0.327 e. The molecule has 1 N–H and O–H groups in total. The fraction of sp³-hybridized carbons (Fsp3) is 0.846. The van der Waals surface area contributed by atoms with Gasteiger partial charge >= 0.3 is 5.97 Å². The Bertz CT molecular complexity index is 315. The largest absolute Gasteiger partial charge is 0.480 e. The van der Waals surface area contributed by atoms with E-state index in [9.17, 15) is 9.59 Å². The van der Waals surface area contributed by atoms with E-state index in [1.807, 2.05) is 0 Å². The van der Waals surface area contributed by atoms with Gasteiger partial charge in [-0.15, -0.1) is 0 Å². The van der Waals surface area contributed by atoms with Gasteiger partial charge in [-0.2, -0.15) is 11.8 Å². The molecule has 0 bridgehead atoms. The molecular weight excluding hydrogens is 250 g/mol. The molecule has 1 atom stereocenters. The first-order valence-electron chi connectivity index (χ1n) is 6.78. The first-order valence-corrected chi connectivity index (χ1v) is 7.94. The molecule has 1 unspecified atom stereocenters. The smallest absolute Gasteiger partial charge is 0.327 e. The molecule has 102 valence electrons. The van der Waals surface area contributed by atoms with E-state index in [2.05, 4.69) is 0 Å². The van der Waals surface area contributed by atoms with E-state index in [4.69, 9.17) is 5.11 Å². The van der Waals surface area contributed by atoms with Gasteiger partial charge in [0, 0.05) is 24.5 Å². The quantitative estimate of drug-likeness (QED) is 0.849. The number of nitrogens with zero attached hydrogens (tertiary/aromatic N) is 1. The molecule has 2 fully saturated rings. The lowest BCUT2D eigenvalue weighted by atomic mass is 10.0. The number of thioether (sulfide) groups is 1. The van der Waals surface area contributed by atoms with E-state index in [-0.39, 0.29) is 5.91 Å². The number of hydrogen-bond acceptors (Lipinski definition) is 3. The van der Waals surface area contributed by atoms with Crippen molar-refractivity contribution in [1.29, 1.82) is 0 Å². The van der Waals surface area contributed by atoms with Crippen LogP contribution in [-0.4, -0.2) is 46.0 Å². The zero-order valence-corrected chi connectivity index (χ0v) is 11.5. The van der Waals surface area contributed by atoms with Crippen LogP contribution >= 0.6 is 11.8 Å². The van der Waals surface area contributed by atoms with Gasteiger partial charge in [0.15, 0.2) is 0 Å². The Balaban J connectivity index is 1.83. The Morgan fingerprint density at radius 2 is 2.00 bits per heavy atom. The van der Waals surface area contributed by atoms with Crippen LogP contribution in [0.2, 0.25) is 0 Å². The van der Waals surface area contributed by atoms with Crippen LogP contribution in [0.4, 0.5) is 0 Å². The van der Waals surface area contributed by atoms with Gasteiger partial charge in [0.2, 0.25) is 5.91 Å². The van der Waals surface area contributed by atoms with Gasteiger partial charge in [-0.3, -0.25) is 4.79 Å². The highest BCUT2D eigenvalue weighted by Crippen LogP contribution is 2.29. The molecule has 4 nitrogen and oxygen atoms in total. The zero-order valence-electron chi connectivity index (χ0n) is 10.6. The number of amides is 1. The van der Waals surface area contributed by atoms with Crippen LogP contribution in [0.1, 0.15) is 38.5 Å². The average molecular weight is 271 g/mol. The summed E-state index contributed by atoms with van der Waals surface area (Å²) in [6, 6.07) is -0.611. The second kappa shape index (κ2) is 6.45. The summed E-state index contributed by atoms with van der Waals surface area (Å²) in [6.07, 6.45) is 6.53. The summed E-state index contributed by atoms with van der Waals surface area (Å²) in [6.45, 7) is 0.588. The van der Waals surface area contributed by atoms with E-state index in [1.54, 1.807) is 16.7 Å². The van der Waals surface area contributed by atoms with Crippen molar-refractivity contribution >= 4 is 23.6 Å². The van der Waals surface area contributed by atoms with E-state index in [0.29, 0.717) is 24.6 Å². The molecule has 1 saturated heterocycles. The van der Waals surface area contributed by atoms with Gasteiger partial charge < -0.3 is 10.0 Å². The number of carbonyl (C=O) groups is 2. The minimum atomic E-state index is -0.864. The van der Waals surface area contributed by atoms with E-state index >= 15 is 0 Å². The lowest BCUT2D eigenvalue weighted by Crippen LogP contribution is -2.50. The molecule has 0 aromatic carbocycles. The van der Waals surface area contributed by atoms with E-state index < -0.39 is 12.0 Å². The molecule has 1 heterocycles. The molecule has 1 aliphatic heterocycles. The van der Waals surface area contributed by atoms with Gasteiger partial charge in [0.05, 0.1) is 0 Å². The first kappa shape index (κ1) is 13.7. The summed E-state index contributed by atoms with van der Waals surface area (Å²) in [5, 5.41) is 9.13. The Kier molecular flexibility index (Phi) is 4.92. The SMILES string of the molecule is O=C(O)C1CSCCN1C(=O)CCC1CCCC1. The van der Waals surface area contributed by atoms with Crippen LogP contribution in [0.3, 0.4) is 0 Å². The second-order valence-electron chi connectivity index (χ2n) is 5.21. The number of carboxylic acid groups (broad SMARTS) is 1. The van der Waals surface area contributed by atoms with E-state index in [0.717, 1.165) is 12.2 Å². The molecule has 0 aromatic heterocycles. The van der Waals surface area contributed by atoms with Crippen LogP contribution in [0.5, 0.6) is 0 Å². The molecule has 2 rings (SSSR count). The molecule has 18 heavy (non-hydrogen) atoms. The summed E-state index contributed by atoms with van der Waals surface area (Å²) >= 11 is 1.62. The van der Waals surface area contributed by atoms with Crippen molar-refractivity contribution in [2.24, 2.45) is 5.92 Å². The third-order valence-corrected chi connectivity index (χ3v) is 5.00. The van der Waals surface area contributed by atoms with Gasteiger partial charge in [-0.25, -0.2) is 4.79 Å². The number of aliphatic carboxylic acids is 1. The van der Waals surface area contributed by atoms with Crippen molar-refractivity contribution in [3.8, 4) is 0 Å². The minimum Gasteiger partial charge on any atom is -0.480 e. The fourth-order valence-electron chi connectivity index (χ4n) is 2.88. The van der Waals surface area contributed by atoms with Crippen LogP contribution in [0.15, 0.2) is 0 Å². The lowest BCUT2D eigenvalue weighted by Gasteiger charge is -2.32. The fourth-order valence-corrected chi connectivity index (χ4v) is 3.92. The van der Waals surface area contributed by atoms with Gasteiger partial charge in [0.1, 0.15) is 6.04 Å². The highest BCUT2D eigenvalue weighted by Gasteiger charge is 2.32. The van der Waals surface area contributed by atoms with Crippen LogP contribution in [0.25, 0.3) is 0 Å². The highest BCUT2D eigenvalue weighted by molar-refractivity contribution is 7.99. The van der Waals surface area contributed by atoms with Gasteiger partial charge in [0.25, 0.3) is 0 Å². The normalized spacial score (nSPS) is 25.3. The monoisotopic (exact) mass is 271 g/mol. The Hall–Kier alpha value is -0.710. The molecular formula is C13H21NO3S. The molecule has 1 aliphatic carbocycles. The maximum absolute atomic E-state index is 12.1. The standard InChI is InChI=1S/C13H21NO3S/c15-12(6-5-10-3-1-2-4-10)14-7-8-18-9-11(14)13(16)17/h10-11H,1-9H2,(H,16,17). The molecule has 0 aromatic rings. The van der Waals surface area contributed by atoms with Crippen LogP contribution in [0, 0.1) is 5.92 Å². The Morgan fingerprint density at radius 1 is 1.28 bits per heavy atom. The minimum absolute atomic E-state index is 0.0367. The number of rotatable bonds is 4. The summed E-state index contributed by atoms with van der Waals surface area (Å²) in [7, 11) is 0. The number of carbonyl (C=O) groups excluding carboxylic acids is 1. The molecule has 1 amide bonds. The Morgan fingerprint density at radius 3 is 2.67 bits per heavy atom. The molecule has 1 saturated carbocycles. The van der Waals surface area contributed by atoms with Crippen LogP contribution in [-0.2, 0) is 9.59 Å². The van der Waals surface area contributed by atoms with Crippen molar-refractivity contribution in [3.05, 3.63) is 0 Å². The molecule has 0 radical (unpaired) electrons. The molecule has 0 spiro atoms. The van der Waals surface area contributed by atoms with Gasteiger partial charge in [-0.1, -0.05) is 25.7 Å². The second-order valence-corrected chi connectivity index (χ2v) is 6.36. The predicted octanol–water partition coefficient (Wildman–Crippen LogP) is 1.99. The number of carboxylic acids is 1. The maximum atomic E-state index is 12.1. The molecule has 2 aliphatic rings.